The van der Waals surface area contributed by atoms with E-state index in [0.717, 1.165) is 16.7 Å². The largest absolute Gasteiger partial charge is 0.375 e. The van der Waals surface area contributed by atoms with Gasteiger partial charge < -0.3 is 10.4 Å². The lowest BCUT2D eigenvalue weighted by Gasteiger charge is -2.27. The molecular weight excluding hydrogens is 353 g/mol. The number of rotatable bonds is 6. The van der Waals surface area contributed by atoms with Crippen LogP contribution in [0.15, 0.2) is 78.9 Å². The fraction of sp³-hybridized carbons (Fsp3) is 0.143. The predicted molar refractivity (Wildman–Crippen MR) is 103 cm³/mol. The number of nitrogens with two attached hydrogens (primary N) is 1. The van der Waals surface area contributed by atoms with Gasteiger partial charge in [0.05, 0.1) is 5.02 Å². The van der Waals surface area contributed by atoms with Crippen LogP contribution in [-0.4, -0.2) is 11.7 Å². The van der Waals surface area contributed by atoms with E-state index in [1.54, 1.807) is 6.07 Å². The van der Waals surface area contributed by atoms with Crippen molar-refractivity contribution in [1.29, 1.82) is 0 Å². The van der Waals surface area contributed by atoms with E-state index >= 15 is 0 Å². The summed E-state index contributed by atoms with van der Waals surface area (Å²) in [6.45, 7) is 1.15. The Morgan fingerprint density at radius 2 is 1.36 bits per heavy atom. The van der Waals surface area contributed by atoms with Crippen LogP contribution in [0.1, 0.15) is 16.7 Å². The molecule has 25 heavy (non-hydrogen) atoms. The van der Waals surface area contributed by atoms with Crippen LogP contribution in [0.3, 0.4) is 0 Å². The van der Waals surface area contributed by atoms with Crippen LogP contribution in [0.2, 0.25) is 10.0 Å². The molecule has 3 rings (SSSR count). The Hall–Kier alpha value is -1.84. The standard InChI is InChI=1S/C21H19Cl2NO/c22-19-12-11-16(20(23)13-19)14-24-15-21(25,17-7-3-1-4-8-17)18-9-5-2-6-10-18/h1-13,24-25H,14-15H2/p+1. The summed E-state index contributed by atoms with van der Waals surface area (Å²) in [6, 6.07) is 25.0. The van der Waals surface area contributed by atoms with Gasteiger partial charge in [0.2, 0.25) is 0 Å². The summed E-state index contributed by atoms with van der Waals surface area (Å²) in [5, 5.41) is 14.8. The third-order valence-corrected chi connectivity index (χ3v) is 4.91. The van der Waals surface area contributed by atoms with Gasteiger partial charge in [-0.1, -0.05) is 89.9 Å². The first-order valence-electron chi connectivity index (χ1n) is 8.18. The Kier molecular flexibility index (Phi) is 5.77. The second kappa shape index (κ2) is 8.03. The van der Waals surface area contributed by atoms with E-state index < -0.39 is 5.60 Å². The van der Waals surface area contributed by atoms with Crippen LogP contribution in [0.25, 0.3) is 0 Å². The van der Waals surface area contributed by atoms with Crippen molar-refractivity contribution in [2.45, 2.75) is 12.1 Å². The minimum atomic E-state index is -1.07. The summed E-state index contributed by atoms with van der Waals surface area (Å²) < 4.78 is 0. The van der Waals surface area contributed by atoms with Crippen LogP contribution in [0, 0.1) is 0 Å². The highest BCUT2D eigenvalue weighted by molar-refractivity contribution is 6.35. The topological polar surface area (TPSA) is 36.8 Å². The van der Waals surface area contributed by atoms with Gasteiger partial charge in [0.1, 0.15) is 13.1 Å². The molecule has 3 N–H and O–H groups in total. The molecule has 128 valence electrons. The highest BCUT2D eigenvalue weighted by Gasteiger charge is 2.33. The zero-order valence-corrected chi connectivity index (χ0v) is 15.2. The fourth-order valence-corrected chi connectivity index (χ4v) is 3.44. The number of quaternary nitrogens is 1. The average molecular weight is 373 g/mol. The molecule has 0 unspecified atom stereocenters. The molecule has 0 radical (unpaired) electrons. The lowest BCUT2D eigenvalue weighted by atomic mass is 9.86. The molecule has 0 atom stereocenters. The van der Waals surface area contributed by atoms with Crippen molar-refractivity contribution in [2.24, 2.45) is 0 Å². The first-order valence-corrected chi connectivity index (χ1v) is 8.94. The fourth-order valence-electron chi connectivity index (χ4n) is 2.95. The van der Waals surface area contributed by atoms with E-state index in [9.17, 15) is 5.11 Å². The first-order chi connectivity index (χ1) is 12.1. The molecule has 0 aromatic heterocycles. The van der Waals surface area contributed by atoms with Gasteiger partial charge in [-0.15, -0.1) is 0 Å². The van der Waals surface area contributed by atoms with Crippen molar-refractivity contribution in [2.75, 3.05) is 6.54 Å². The van der Waals surface area contributed by atoms with E-state index in [4.69, 9.17) is 23.2 Å². The van der Waals surface area contributed by atoms with E-state index in [-0.39, 0.29) is 0 Å². The number of aliphatic hydroxyl groups is 1. The average Bonchev–Trinajstić information content (AvgIpc) is 2.65. The van der Waals surface area contributed by atoms with Gasteiger partial charge in [-0.25, -0.2) is 0 Å². The Balaban J connectivity index is 1.81. The molecule has 0 fully saturated rings. The van der Waals surface area contributed by atoms with Gasteiger partial charge in [-0.2, -0.15) is 0 Å². The van der Waals surface area contributed by atoms with E-state index in [1.807, 2.05) is 72.8 Å². The maximum absolute atomic E-state index is 11.5. The highest BCUT2D eigenvalue weighted by Crippen LogP contribution is 2.28. The molecule has 0 heterocycles. The van der Waals surface area contributed by atoms with Crippen molar-refractivity contribution >= 4 is 23.2 Å². The Morgan fingerprint density at radius 3 is 1.88 bits per heavy atom. The number of hydrogen-bond donors (Lipinski definition) is 2. The minimum absolute atomic E-state index is 0.486. The van der Waals surface area contributed by atoms with E-state index in [1.165, 1.54) is 0 Å². The van der Waals surface area contributed by atoms with Gasteiger partial charge >= 0.3 is 0 Å². The smallest absolute Gasteiger partial charge is 0.163 e. The normalized spacial score (nSPS) is 11.5. The summed E-state index contributed by atoms with van der Waals surface area (Å²) >= 11 is 12.2. The zero-order valence-electron chi connectivity index (χ0n) is 13.7. The SMILES string of the molecule is OC(C[NH2+]Cc1ccc(Cl)cc1Cl)(c1ccccc1)c1ccccc1. The summed E-state index contributed by atoms with van der Waals surface area (Å²) in [5.41, 5.74) is 1.68. The van der Waals surface area contributed by atoms with Crippen LogP contribution in [0.4, 0.5) is 0 Å². The first kappa shape index (κ1) is 18.0. The van der Waals surface area contributed by atoms with Crippen molar-refractivity contribution in [3.63, 3.8) is 0 Å². The third kappa shape index (κ3) is 4.23. The van der Waals surface area contributed by atoms with Gasteiger partial charge in [0, 0.05) is 10.6 Å². The molecule has 4 heteroatoms. The molecule has 2 nitrogen and oxygen atoms in total. The molecule has 0 saturated heterocycles. The summed E-state index contributed by atoms with van der Waals surface area (Å²) in [4.78, 5) is 0. The minimum Gasteiger partial charge on any atom is -0.375 e. The van der Waals surface area contributed by atoms with Crippen LogP contribution in [0.5, 0.6) is 0 Å². The molecule has 0 aliphatic rings. The highest BCUT2D eigenvalue weighted by atomic mass is 35.5. The molecular formula is C21H20Cl2NO+. The quantitative estimate of drug-likeness (QED) is 0.674. The monoisotopic (exact) mass is 372 g/mol. The molecule has 0 spiro atoms. The number of hydrogen-bond acceptors (Lipinski definition) is 1. The van der Waals surface area contributed by atoms with Crippen molar-refractivity contribution < 1.29 is 10.4 Å². The lowest BCUT2D eigenvalue weighted by Crippen LogP contribution is -2.86. The van der Waals surface area contributed by atoms with Gasteiger partial charge in [0.25, 0.3) is 0 Å². The van der Waals surface area contributed by atoms with Crippen molar-refractivity contribution in [3.05, 3.63) is 106 Å². The Labute approximate surface area is 158 Å². The Bertz CT molecular complexity index is 782. The van der Waals surface area contributed by atoms with Gasteiger partial charge in [-0.05, 0) is 23.3 Å². The van der Waals surface area contributed by atoms with Crippen LogP contribution >= 0.6 is 23.2 Å². The third-order valence-electron chi connectivity index (χ3n) is 4.32. The molecule has 0 saturated carbocycles. The second-order valence-corrected chi connectivity index (χ2v) is 6.87. The molecule has 3 aromatic carbocycles. The number of halogens is 2. The summed E-state index contributed by atoms with van der Waals surface area (Å²) in [6.07, 6.45) is 0. The molecule has 0 aliphatic heterocycles. The summed E-state index contributed by atoms with van der Waals surface area (Å²) in [7, 11) is 0. The maximum Gasteiger partial charge on any atom is 0.163 e. The zero-order chi connectivity index (χ0) is 17.7. The van der Waals surface area contributed by atoms with E-state index in [0.29, 0.717) is 23.1 Å². The van der Waals surface area contributed by atoms with Gasteiger partial charge in [0.15, 0.2) is 5.60 Å². The van der Waals surface area contributed by atoms with Gasteiger partial charge in [-0.3, -0.25) is 0 Å². The summed E-state index contributed by atoms with van der Waals surface area (Å²) in [5.74, 6) is 0. The molecule has 0 bridgehead atoms. The lowest BCUT2D eigenvalue weighted by molar-refractivity contribution is -0.682. The Morgan fingerprint density at radius 1 is 0.800 bits per heavy atom. The van der Waals surface area contributed by atoms with Crippen LogP contribution in [-0.2, 0) is 12.1 Å². The van der Waals surface area contributed by atoms with Crippen LogP contribution < -0.4 is 5.32 Å². The second-order valence-electron chi connectivity index (χ2n) is 6.02. The van der Waals surface area contributed by atoms with E-state index in [2.05, 4.69) is 5.32 Å². The molecule has 3 aromatic rings. The molecule has 0 aliphatic carbocycles. The maximum atomic E-state index is 11.5. The van der Waals surface area contributed by atoms with Crippen molar-refractivity contribution in [3.8, 4) is 0 Å². The molecule has 0 amide bonds. The number of benzene rings is 3. The predicted octanol–water partition coefficient (Wildman–Crippen LogP) is 3.99. The van der Waals surface area contributed by atoms with Crippen molar-refractivity contribution in [1.82, 2.24) is 0 Å².